The number of amides is 1. The van der Waals surface area contributed by atoms with E-state index >= 15 is 0 Å². The average Bonchev–Trinajstić information content (AvgIpc) is 3.38. The van der Waals surface area contributed by atoms with Crippen LogP contribution in [0.1, 0.15) is 348 Å². The molecule has 0 radical (unpaired) electrons. The molecule has 0 aromatic rings. The van der Waals surface area contributed by atoms with Gasteiger partial charge in [-0.2, -0.15) is 0 Å². The number of nitrogens with one attached hydrogen (secondary N) is 1. The van der Waals surface area contributed by atoms with E-state index in [4.69, 9.17) is 9.05 Å². The number of hydrogen-bond acceptors (Lipinski definition) is 5. The van der Waals surface area contributed by atoms with Crippen molar-refractivity contribution in [2.24, 2.45) is 0 Å². The van der Waals surface area contributed by atoms with Gasteiger partial charge in [0.05, 0.1) is 39.9 Å². The molecule has 0 rings (SSSR count). The second-order valence-corrected chi connectivity index (χ2v) is 26.0. The maximum absolute atomic E-state index is 13.0. The van der Waals surface area contributed by atoms with Crippen molar-refractivity contribution in [3.8, 4) is 0 Å². The third-order valence-corrected chi connectivity index (χ3v) is 16.7. The number of carbonyl (C=O) groups excluding carboxylic acids is 1. The van der Waals surface area contributed by atoms with Crippen molar-refractivity contribution in [1.29, 1.82) is 0 Å². The third kappa shape index (κ3) is 60.6. The van der Waals surface area contributed by atoms with Crippen molar-refractivity contribution in [1.82, 2.24) is 5.32 Å². The van der Waals surface area contributed by atoms with Crippen LogP contribution in [0, 0.1) is 0 Å². The highest BCUT2D eigenvalue weighted by atomic mass is 31.2. The first-order valence-electron chi connectivity index (χ1n) is 33.7. The Hall–Kier alpha value is -1.02. The summed E-state index contributed by atoms with van der Waals surface area (Å²) in [6, 6.07) is -0.756. The molecule has 1 amide bonds. The van der Waals surface area contributed by atoms with Crippen LogP contribution < -0.4 is 5.32 Å². The first kappa shape index (κ1) is 75.0. The highest BCUT2D eigenvalue weighted by molar-refractivity contribution is 7.47. The van der Waals surface area contributed by atoms with Crippen LogP contribution >= 0.6 is 7.82 Å². The molecule has 0 aliphatic rings. The number of hydrogen-bond donors (Lipinski definition) is 3. The Morgan fingerprint density at radius 2 is 0.750 bits per heavy atom. The highest BCUT2D eigenvalue weighted by Crippen LogP contribution is 2.43. The monoisotopic (exact) mass is 1090 g/mol. The van der Waals surface area contributed by atoms with Crippen LogP contribution in [0.15, 0.2) is 24.3 Å². The summed E-state index contributed by atoms with van der Waals surface area (Å²) < 4.78 is 23.8. The lowest BCUT2D eigenvalue weighted by atomic mass is 10.0. The van der Waals surface area contributed by atoms with Crippen LogP contribution in [-0.4, -0.2) is 73.4 Å². The van der Waals surface area contributed by atoms with Crippen LogP contribution in [0.25, 0.3) is 0 Å². The molecule has 0 aliphatic carbocycles. The number of allylic oxidation sites excluding steroid dienone is 4. The predicted molar refractivity (Wildman–Crippen MR) is 332 cm³/mol. The standard InChI is InChI=1S/C67H133N2O6P/c1-6-8-10-12-14-16-18-20-21-22-23-24-25-26-27-28-29-30-31-32-33-34-35-36-37-38-39-40-41-42-43-44-45-46-47-49-51-53-55-57-59-61-67(71)68-65(64-75-76(72,73)74-63-62-69(3,4)5)66(70)60-58-56-54-52-50-48-19-17-15-13-11-9-7-2/h18,20,22-23,65-66,70H,6-17,19,21,24-64H2,1-5H3,(H-,68,71,72,73)/p+1/b20-18-,23-22-. The molecule has 0 heterocycles. The largest absolute Gasteiger partial charge is 0.472 e. The number of unbranched alkanes of at least 4 members (excludes halogenated alkanes) is 46. The van der Waals surface area contributed by atoms with Gasteiger partial charge in [-0.3, -0.25) is 13.8 Å². The topological polar surface area (TPSA) is 105 Å². The zero-order valence-corrected chi connectivity index (χ0v) is 52.7. The Morgan fingerprint density at radius 1 is 0.447 bits per heavy atom. The van der Waals surface area contributed by atoms with Crippen LogP contribution in [0.4, 0.5) is 0 Å². The minimum Gasteiger partial charge on any atom is -0.391 e. The molecular weight excluding hydrogens is 960 g/mol. The number of nitrogens with zero attached hydrogens (tertiary/aromatic N) is 1. The van der Waals surface area contributed by atoms with E-state index in [1.54, 1.807) is 0 Å². The van der Waals surface area contributed by atoms with Crippen molar-refractivity contribution >= 4 is 13.7 Å². The summed E-state index contributed by atoms with van der Waals surface area (Å²) in [6.07, 6.45) is 75.8. The van der Waals surface area contributed by atoms with Crippen molar-refractivity contribution in [3.05, 3.63) is 24.3 Å². The van der Waals surface area contributed by atoms with Gasteiger partial charge in [-0.15, -0.1) is 0 Å². The molecule has 8 nitrogen and oxygen atoms in total. The fourth-order valence-electron chi connectivity index (χ4n) is 10.4. The number of phosphoric acid groups is 1. The van der Waals surface area contributed by atoms with Gasteiger partial charge in [0, 0.05) is 6.42 Å². The van der Waals surface area contributed by atoms with E-state index in [0.29, 0.717) is 23.9 Å². The molecule has 0 saturated heterocycles. The van der Waals surface area contributed by atoms with E-state index in [2.05, 4.69) is 43.5 Å². The van der Waals surface area contributed by atoms with Crippen LogP contribution in [-0.2, 0) is 18.4 Å². The molecule has 0 fully saturated rings. The van der Waals surface area contributed by atoms with Gasteiger partial charge in [-0.05, 0) is 44.9 Å². The number of likely N-dealkylation sites (N-methyl/N-ethyl adjacent to an activating group) is 1. The van der Waals surface area contributed by atoms with E-state index in [-0.39, 0.29) is 19.1 Å². The minimum absolute atomic E-state index is 0.0779. The Balaban J connectivity index is 3.79. The summed E-state index contributed by atoms with van der Waals surface area (Å²) in [6.45, 7) is 4.91. The van der Waals surface area contributed by atoms with Crippen molar-refractivity contribution in [2.75, 3.05) is 40.9 Å². The quantitative estimate of drug-likeness (QED) is 0.0243. The second-order valence-electron chi connectivity index (χ2n) is 24.6. The van der Waals surface area contributed by atoms with Gasteiger partial charge in [0.25, 0.3) is 0 Å². The zero-order chi connectivity index (χ0) is 55.6. The van der Waals surface area contributed by atoms with Crippen LogP contribution in [0.5, 0.6) is 0 Å². The molecule has 0 aromatic heterocycles. The number of carbonyl (C=O) groups is 1. The Bertz CT molecular complexity index is 1290. The van der Waals surface area contributed by atoms with Crippen LogP contribution in [0.3, 0.4) is 0 Å². The van der Waals surface area contributed by atoms with Gasteiger partial charge in [-0.1, -0.05) is 321 Å². The minimum atomic E-state index is -4.32. The number of aliphatic hydroxyl groups excluding tert-OH is 1. The molecule has 3 atom stereocenters. The summed E-state index contributed by atoms with van der Waals surface area (Å²) in [5.74, 6) is -0.137. The summed E-state index contributed by atoms with van der Waals surface area (Å²) in [4.78, 5) is 23.3. The summed E-state index contributed by atoms with van der Waals surface area (Å²) in [5.41, 5.74) is 0. The first-order chi connectivity index (χ1) is 37.0. The number of phosphoric ester groups is 1. The summed E-state index contributed by atoms with van der Waals surface area (Å²) in [5, 5.41) is 14.1. The molecule has 0 bridgehead atoms. The van der Waals surface area contributed by atoms with E-state index in [0.717, 1.165) is 44.9 Å². The van der Waals surface area contributed by atoms with Gasteiger partial charge >= 0.3 is 7.82 Å². The number of aliphatic hydroxyl groups is 1. The van der Waals surface area contributed by atoms with E-state index in [9.17, 15) is 19.4 Å². The zero-order valence-electron chi connectivity index (χ0n) is 51.8. The molecule has 452 valence electrons. The summed E-state index contributed by atoms with van der Waals surface area (Å²) in [7, 11) is 1.63. The lowest BCUT2D eigenvalue weighted by molar-refractivity contribution is -0.870. The lowest BCUT2D eigenvalue weighted by Gasteiger charge is -2.26. The Kier molecular flexibility index (Phi) is 57.8. The van der Waals surface area contributed by atoms with Gasteiger partial charge in [0.15, 0.2) is 0 Å². The molecule has 9 heteroatoms. The molecule has 76 heavy (non-hydrogen) atoms. The molecule has 3 unspecified atom stereocenters. The summed E-state index contributed by atoms with van der Waals surface area (Å²) >= 11 is 0. The highest BCUT2D eigenvalue weighted by Gasteiger charge is 2.28. The maximum atomic E-state index is 13.0. The SMILES string of the molecule is CCCCCCC/C=C\C/C=C\CCCCCCCCCCCCCCCCCCCCCCCCCCCCCCCC(=O)NC(COP(=O)(O)OCC[N+](C)(C)C)C(O)CCCCCCCCCCCCCCC. The molecule has 3 N–H and O–H groups in total. The average molecular weight is 1090 g/mol. The molecule has 0 saturated carbocycles. The van der Waals surface area contributed by atoms with Gasteiger partial charge in [-0.25, -0.2) is 4.57 Å². The fraction of sp³-hybridized carbons (Fsp3) is 0.925. The fourth-order valence-corrected chi connectivity index (χ4v) is 11.2. The lowest BCUT2D eigenvalue weighted by Crippen LogP contribution is -2.46. The third-order valence-electron chi connectivity index (χ3n) is 15.7. The predicted octanol–water partition coefficient (Wildman–Crippen LogP) is 21.1. The molecule has 0 spiro atoms. The van der Waals surface area contributed by atoms with Gasteiger partial charge < -0.3 is 19.8 Å². The Morgan fingerprint density at radius 3 is 1.08 bits per heavy atom. The van der Waals surface area contributed by atoms with Crippen LogP contribution in [0.2, 0.25) is 0 Å². The number of rotatable bonds is 63. The van der Waals surface area contributed by atoms with E-state index < -0.39 is 20.0 Å². The smallest absolute Gasteiger partial charge is 0.391 e. The normalized spacial score (nSPS) is 13.8. The molecule has 0 aliphatic heterocycles. The second kappa shape index (κ2) is 58.6. The first-order valence-corrected chi connectivity index (χ1v) is 35.2. The number of quaternary nitrogens is 1. The van der Waals surface area contributed by atoms with Crippen molar-refractivity contribution in [2.45, 2.75) is 360 Å². The van der Waals surface area contributed by atoms with Crippen molar-refractivity contribution < 1.29 is 32.9 Å². The van der Waals surface area contributed by atoms with Gasteiger partial charge in [0.2, 0.25) is 5.91 Å². The Labute approximate surface area is 474 Å². The molecule has 0 aromatic carbocycles. The maximum Gasteiger partial charge on any atom is 0.472 e. The van der Waals surface area contributed by atoms with Gasteiger partial charge in [0.1, 0.15) is 13.2 Å². The molecular formula is C67H134N2O6P+. The van der Waals surface area contributed by atoms with Crippen molar-refractivity contribution in [3.63, 3.8) is 0 Å². The van der Waals surface area contributed by atoms with E-state index in [1.165, 1.54) is 276 Å². The van der Waals surface area contributed by atoms with E-state index in [1.807, 2.05) is 21.1 Å².